The number of carbonyl (C=O) groups excluding carboxylic acids is 1. The first-order chi connectivity index (χ1) is 8.53. The summed E-state index contributed by atoms with van der Waals surface area (Å²) >= 11 is 0. The number of methoxy groups -OCH3 is 2. The van der Waals surface area contributed by atoms with Crippen molar-refractivity contribution in [2.75, 3.05) is 21.3 Å². The Morgan fingerprint density at radius 1 is 1.28 bits per heavy atom. The minimum Gasteiger partial charge on any atom is -0.496 e. The molecule has 4 heteroatoms. The number of hydrogen-bond acceptors (Lipinski definition) is 4. The number of benzene rings is 1. The molecule has 1 atom stereocenters. The molecule has 0 heterocycles. The van der Waals surface area contributed by atoms with Gasteiger partial charge in [-0.1, -0.05) is 6.07 Å². The lowest BCUT2D eigenvalue weighted by molar-refractivity contribution is -0.141. The molecule has 18 heavy (non-hydrogen) atoms. The number of rotatable bonds is 5. The Morgan fingerprint density at radius 2 is 1.94 bits per heavy atom. The van der Waals surface area contributed by atoms with Crippen LogP contribution in [0, 0.1) is 13.8 Å². The standard InChI is InChI=1S/C14H21NO3/c1-9-7-13(17-4)10(2)6-11(9)12(15-3)8-14(16)18-5/h6-7,12,15H,8H2,1-5H3. The minimum atomic E-state index is -0.220. The van der Waals surface area contributed by atoms with Crippen LogP contribution in [0.1, 0.15) is 29.2 Å². The lowest BCUT2D eigenvalue weighted by atomic mass is 9.96. The number of hydrogen-bond donors (Lipinski definition) is 1. The zero-order valence-electron chi connectivity index (χ0n) is 11.7. The van der Waals surface area contributed by atoms with Crippen molar-refractivity contribution in [3.8, 4) is 5.75 Å². The lowest BCUT2D eigenvalue weighted by Gasteiger charge is -2.19. The van der Waals surface area contributed by atoms with Gasteiger partial charge < -0.3 is 14.8 Å². The van der Waals surface area contributed by atoms with Crippen LogP contribution in [-0.2, 0) is 9.53 Å². The summed E-state index contributed by atoms with van der Waals surface area (Å²) in [4.78, 5) is 11.4. The van der Waals surface area contributed by atoms with Crippen molar-refractivity contribution in [1.82, 2.24) is 5.32 Å². The molecule has 1 unspecified atom stereocenters. The van der Waals surface area contributed by atoms with E-state index in [2.05, 4.69) is 11.4 Å². The summed E-state index contributed by atoms with van der Waals surface area (Å²) in [6, 6.07) is 4.01. The van der Waals surface area contributed by atoms with E-state index in [9.17, 15) is 4.79 Å². The molecule has 1 aromatic carbocycles. The van der Waals surface area contributed by atoms with Crippen LogP contribution >= 0.6 is 0 Å². The van der Waals surface area contributed by atoms with Gasteiger partial charge in [0.15, 0.2) is 0 Å². The highest BCUT2D eigenvalue weighted by atomic mass is 16.5. The van der Waals surface area contributed by atoms with E-state index in [-0.39, 0.29) is 12.0 Å². The van der Waals surface area contributed by atoms with Gasteiger partial charge in [-0.25, -0.2) is 0 Å². The molecule has 0 radical (unpaired) electrons. The van der Waals surface area contributed by atoms with Crippen molar-refractivity contribution >= 4 is 5.97 Å². The normalized spacial score (nSPS) is 12.1. The Kier molecular flexibility index (Phi) is 5.16. The van der Waals surface area contributed by atoms with Gasteiger partial charge in [-0.2, -0.15) is 0 Å². The van der Waals surface area contributed by atoms with Crippen molar-refractivity contribution < 1.29 is 14.3 Å². The maximum atomic E-state index is 11.4. The summed E-state index contributed by atoms with van der Waals surface area (Å²) in [5, 5.41) is 3.15. The molecule has 0 aliphatic heterocycles. The van der Waals surface area contributed by atoms with Crippen LogP contribution in [0.25, 0.3) is 0 Å². The Hall–Kier alpha value is -1.55. The fourth-order valence-electron chi connectivity index (χ4n) is 2.02. The molecule has 0 saturated heterocycles. The Morgan fingerprint density at radius 3 is 2.44 bits per heavy atom. The predicted molar refractivity (Wildman–Crippen MR) is 70.9 cm³/mol. The molecule has 0 saturated carbocycles. The van der Waals surface area contributed by atoms with Crippen molar-refractivity contribution in [2.24, 2.45) is 0 Å². The third-order valence-corrected chi connectivity index (χ3v) is 3.11. The quantitative estimate of drug-likeness (QED) is 0.814. The highest BCUT2D eigenvalue weighted by Crippen LogP contribution is 2.28. The third kappa shape index (κ3) is 3.23. The monoisotopic (exact) mass is 251 g/mol. The summed E-state index contributed by atoms with van der Waals surface area (Å²) in [7, 11) is 4.90. The molecule has 0 bridgehead atoms. The summed E-state index contributed by atoms with van der Waals surface area (Å²) in [5.41, 5.74) is 3.25. The molecular weight excluding hydrogens is 230 g/mol. The maximum Gasteiger partial charge on any atom is 0.307 e. The van der Waals surface area contributed by atoms with E-state index in [4.69, 9.17) is 9.47 Å². The number of ether oxygens (including phenoxy) is 2. The second kappa shape index (κ2) is 6.40. The minimum absolute atomic E-state index is 0.0398. The lowest BCUT2D eigenvalue weighted by Crippen LogP contribution is -2.21. The van der Waals surface area contributed by atoms with E-state index in [1.807, 2.05) is 27.0 Å². The highest BCUT2D eigenvalue weighted by molar-refractivity contribution is 5.70. The van der Waals surface area contributed by atoms with E-state index in [0.29, 0.717) is 6.42 Å². The van der Waals surface area contributed by atoms with Crippen LogP contribution in [0.4, 0.5) is 0 Å². The van der Waals surface area contributed by atoms with Gasteiger partial charge >= 0.3 is 5.97 Å². The molecule has 0 aliphatic rings. The molecule has 4 nitrogen and oxygen atoms in total. The van der Waals surface area contributed by atoms with Gasteiger partial charge in [0, 0.05) is 6.04 Å². The van der Waals surface area contributed by atoms with Gasteiger partial charge in [-0.15, -0.1) is 0 Å². The van der Waals surface area contributed by atoms with Crippen LogP contribution in [0.15, 0.2) is 12.1 Å². The average molecular weight is 251 g/mol. The number of esters is 1. The number of nitrogens with one attached hydrogen (secondary N) is 1. The molecule has 0 aliphatic carbocycles. The molecule has 0 spiro atoms. The number of aryl methyl sites for hydroxylation is 2. The molecule has 1 N–H and O–H groups in total. The fraction of sp³-hybridized carbons (Fsp3) is 0.500. The molecule has 0 amide bonds. The first kappa shape index (κ1) is 14.5. The fourth-order valence-corrected chi connectivity index (χ4v) is 2.02. The van der Waals surface area contributed by atoms with Gasteiger partial charge in [0.05, 0.1) is 20.6 Å². The largest absolute Gasteiger partial charge is 0.496 e. The first-order valence-corrected chi connectivity index (χ1v) is 5.92. The molecule has 1 aromatic rings. The summed E-state index contributed by atoms with van der Waals surface area (Å²) in [5.74, 6) is 0.645. The van der Waals surface area contributed by atoms with Crippen molar-refractivity contribution in [3.05, 3.63) is 28.8 Å². The van der Waals surface area contributed by atoms with E-state index >= 15 is 0 Å². The van der Waals surface area contributed by atoms with Crippen LogP contribution in [0.5, 0.6) is 5.75 Å². The van der Waals surface area contributed by atoms with E-state index in [0.717, 1.165) is 22.4 Å². The third-order valence-electron chi connectivity index (χ3n) is 3.11. The van der Waals surface area contributed by atoms with Crippen LogP contribution in [-0.4, -0.2) is 27.2 Å². The summed E-state index contributed by atoms with van der Waals surface area (Å²) in [6.07, 6.45) is 0.319. The van der Waals surface area contributed by atoms with Gasteiger partial charge in [0.1, 0.15) is 5.75 Å². The SMILES string of the molecule is CNC(CC(=O)OC)c1cc(C)c(OC)cc1C. The van der Waals surface area contributed by atoms with E-state index in [1.165, 1.54) is 7.11 Å². The smallest absolute Gasteiger partial charge is 0.307 e. The van der Waals surface area contributed by atoms with Crippen molar-refractivity contribution in [3.63, 3.8) is 0 Å². The summed E-state index contributed by atoms with van der Waals surface area (Å²) < 4.78 is 10.00. The van der Waals surface area contributed by atoms with Gasteiger partial charge in [0.25, 0.3) is 0 Å². The first-order valence-electron chi connectivity index (χ1n) is 5.92. The van der Waals surface area contributed by atoms with E-state index < -0.39 is 0 Å². The van der Waals surface area contributed by atoms with Crippen molar-refractivity contribution in [2.45, 2.75) is 26.3 Å². The Labute approximate surface area is 108 Å². The molecule has 100 valence electrons. The Bertz CT molecular complexity index is 429. The highest BCUT2D eigenvalue weighted by Gasteiger charge is 2.17. The van der Waals surface area contributed by atoms with E-state index in [1.54, 1.807) is 7.11 Å². The summed E-state index contributed by atoms with van der Waals surface area (Å²) in [6.45, 7) is 4.01. The van der Waals surface area contributed by atoms with Gasteiger partial charge in [-0.3, -0.25) is 4.79 Å². The van der Waals surface area contributed by atoms with Gasteiger partial charge in [-0.05, 0) is 43.7 Å². The molecule has 1 rings (SSSR count). The van der Waals surface area contributed by atoms with Crippen LogP contribution < -0.4 is 10.1 Å². The second-order valence-corrected chi connectivity index (χ2v) is 4.30. The zero-order chi connectivity index (χ0) is 13.7. The molecule has 0 aromatic heterocycles. The van der Waals surface area contributed by atoms with Crippen molar-refractivity contribution in [1.29, 1.82) is 0 Å². The molecular formula is C14H21NO3. The predicted octanol–water partition coefficient (Wildman–Crippen LogP) is 2.14. The second-order valence-electron chi connectivity index (χ2n) is 4.30. The van der Waals surface area contributed by atoms with Crippen LogP contribution in [0.3, 0.4) is 0 Å². The van der Waals surface area contributed by atoms with Gasteiger partial charge in [0.2, 0.25) is 0 Å². The zero-order valence-corrected chi connectivity index (χ0v) is 11.7. The maximum absolute atomic E-state index is 11.4. The Balaban J connectivity index is 3.06. The topological polar surface area (TPSA) is 47.6 Å². The number of carbonyl (C=O) groups is 1. The molecule has 0 fully saturated rings. The van der Waals surface area contributed by atoms with Crippen LogP contribution in [0.2, 0.25) is 0 Å². The average Bonchev–Trinajstić information content (AvgIpc) is 2.38.